The predicted octanol–water partition coefficient (Wildman–Crippen LogP) is 0.0761. The van der Waals surface area contributed by atoms with Gasteiger partial charge in [0.1, 0.15) is 11.7 Å². The second kappa shape index (κ2) is 5.61. The quantitative estimate of drug-likeness (QED) is 0.436. The number of Topliss-reactive ketones (excluding diaryl/α,β-unsaturated/α-hetero) is 2. The lowest BCUT2D eigenvalue weighted by Gasteiger charge is -2.33. The van der Waals surface area contributed by atoms with Crippen LogP contribution in [0.25, 0.3) is 0 Å². The van der Waals surface area contributed by atoms with Gasteiger partial charge in [-0.25, -0.2) is 9.59 Å². The maximum Gasteiger partial charge on any atom is 0.407 e. The highest BCUT2D eigenvalue weighted by Gasteiger charge is 2.41. The Labute approximate surface area is 104 Å². The summed E-state index contributed by atoms with van der Waals surface area (Å²) in [5, 5.41) is 8.92. The summed E-state index contributed by atoms with van der Waals surface area (Å²) in [7, 11) is 0. The number of carboxylic acid groups (broad SMARTS) is 1. The summed E-state index contributed by atoms with van der Waals surface area (Å²) in [6, 6.07) is -0.485. The normalized spacial score (nSPS) is 23.7. The van der Waals surface area contributed by atoms with E-state index in [9.17, 15) is 19.2 Å². The molecule has 1 unspecified atom stereocenters. The molecule has 7 heteroatoms. The molecule has 0 spiro atoms. The molecule has 1 heterocycles. The van der Waals surface area contributed by atoms with Gasteiger partial charge in [-0.2, -0.15) is 0 Å². The van der Waals surface area contributed by atoms with Gasteiger partial charge in [0.25, 0.3) is 5.78 Å². The van der Waals surface area contributed by atoms with E-state index in [4.69, 9.17) is 5.11 Å². The van der Waals surface area contributed by atoms with Crippen LogP contribution in [0.2, 0.25) is 0 Å². The smallest absolute Gasteiger partial charge is 0.407 e. The van der Waals surface area contributed by atoms with Gasteiger partial charge in [0, 0.05) is 19.0 Å². The third kappa shape index (κ3) is 2.85. The lowest BCUT2D eigenvalue weighted by atomic mass is 9.89. The van der Waals surface area contributed by atoms with E-state index in [-0.39, 0.29) is 19.6 Å². The van der Waals surface area contributed by atoms with E-state index in [1.807, 2.05) is 0 Å². The van der Waals surface area contributed by atoms with Crippen molar-refractivity contribution in [1.29, 1.82) is 0 Å². The van der Waals surface area contributed by atoms with Crippen LogP contribution in [0, 0.1) is 5.92 Å². The third-order valence-electron chi connectivity index (χ3n) is 2.84. The average Bonchev–Trinajstić information content (AvgIpc) is 2.28. The van der Waals surface area contributed by atoms with Crippen molar-refractivity contribution >= 4 is 23.6 Å². The molecule has 1 saturated heterocycles. The first-order valence-corrected chi connectivity index (χ1v) is 5.61. The zero-order valence-corrected chi connectivity index (χ0v) is 10.2. The number of ketones is 2. The molecule has 1 aliphatic heterocycles. The van der Waals surface area contributed by atoms with Crippen LogP contribution in [0.15, 0.2) is 0 Å². The predicted molar refractivity (Wildman–Crippen MR) is 58.9 cm³/mol. The highest BCUT2D eigenvalue weighted by Crippen LogP contribution is 2.20. The van der Waals surface area contributed by atoms with Crippen molar-refractivity contribution in [2.45, 2.75) is 26.3 Å². The molecule has 0 aromatic carbocycles. The minimum atomic E-state index is -1.24. The largest absolute Gasteiger partial charge is 0.465 e. The molecule has 100 valence electrons. The molecule has 18 heavy (non-hydrogen) atoms. The lowest BCUT2D eigenvalue weighted by Crippen LogP contribution is -2.52. The Hall–Kier alpha value is -1.92. The maximum absolute atomic E-state index is 11.7. The molecule has 0 radical (unpaired) electrons. The van der Waals surface area contributed by atoms with Gasteiger partial charge in [-0.15, -0.1) is 0 Å². The number of piperidine rings is 1. The Morgan fingerprint density at radius 2 is 2.06 bits per heavy atom. The number of rotatable bonds is 3. The number of ether oxygens (including phenoxy) is 1. The second-order valence-corrected chi connectivity index (χ2v) is 4.09. The fourth-order valence-corrected chi connectivity index (χ4v) is 1.86. The van der Waals surface area contributed by atoms with Crippen LogP contribution in [-0.4, -0.2) is 52.8 Å². The molecule has 2 atom stereocenters. The van der Waals surface area contributed by atoms with Gasteiger partial charge in [0.2, 0.25) is 0 Å². The topological polar surface area (TPSA) is 101 Å². The standard InChI is InChI=1S/C11H15NO6/c1-3-18-10(15)9(14)7-5-12(11(16)17)6(2)4-8(7)13/h6-7H,3-5H2,1-2H3,(H,16,17)/t6-,7?/m1/s1. The molecule has 0 bridgehead atoms. The Morgan fingerprint density at radius 3 is 2.56 bits per heavy atom. The third-order valence-corrected chi connectivity index (χ3v) is 2.84. The summed E-state index contributed by atoms with van der Waals surface area (Å²) < 4.78 is 4.52. The Balaban J connectivity index is 2.82. The molecule has 0 aliphatic carbocycles. The van der Waals surface area contributed by atoms with E-state index in [0.29, 0.717) is 0 Å². The number of hydrogen-bond acceptors (Lipinski definition) is 5. The second-order valence-electron chi connectivity index (χ2n) is 4.09. The van der Waals surface area contributed by atoms with Crippen molar-refractivity contribution < 1.29 is 29.0 Å². The van der Waals surface area contributed by atoms with Crippen molar-refractivity contribution in [3.63, 3.8) is 0 Å². The first-order chi connectivity index (χ1) is 8.38. The van der Waals surface area contributed by atoms with Crippen molar-refractivity contribution in [2.24, 2.45) is 5.92 Å². The number of esters is 1. The molecule has 7 nitrogen and oxygen atoms in total. The first kappa shape index (κ1) is 14.1. The molecule has 1 aliphatic rings. The lowest BCUT2D eigenvalue weighted by molar-refractivity contribution is -0.158. The van der Waals surface area contributed by atoms with Crippen LogP contribution < -0.4 is 0 Å². The number of likely N-dealkylation sites (tertiary alicyclic amines) is 1. The summed E-state index contributed by atoms with van der Waals surface area (Å²) >= 11 is 0. The fraction of sp³-hybridized carbons (Fsp3) is 0.636. The van der Waals surface area contributed by atoms with E-state index in [1.54, 1.807) is 13.8 Å². The van der Waals surface area contributed by atoms with E-state index in [2.05, 4.69) is 4.74 Å². The van der Waals surface area contributed by atoms with E-state index in [1.165, 1.54) is 0 Å². The van der Waals surface area contributed by atoms with Crippen molar-refractivity contribution in [2.75, 3.05) is 13.2 Å². The summed E-state index contributed by atoms with van der Waals surface area (Å²) in [4.78, 5) is 46.5. The van der Waals surface area contributed by atoms with Crippen LogP contribution in [0.4, 0.5) is 4.79 Å². The minimum absolute atomic E-state index is 0.0323. The van der Waals surface area contributed by atoms with Gasteiger partial charge in [-0.3, -0.25) is 9.59 Å². The number of carbonyl (C=O) groups is 4. The Bertz CT molecular complexity index is 391. The Kier molecular flexibility index (Phi) is 4.41. The fourth-order valence-electron chi connectivity index (χ4n) is 1.86. The molecule has 0 aromatic heterocycles. The number of nitrogens with zero attached hydrogens (tertiary/aromatic N) is 1. The van der Waals surface area contributed by atoms with E-state index >= 15 is 0 Å². The van der Waals surface area contributed by atoms with Crippen molar-refractivity contribution in [3.8, 4) is 0 Å². The highest BCUT2D eigenvalue weighted by molar-refractivity contribution is 6.38. The van der Waals surface area contributed by atoms with Crippen LogP contribution >= 0.6 is 0 Å². The summed E-state index contributed by atoms with van der Waals surface area (Å²) in [6.07, 6.45) is -1.28. The van der Waals surface area contributed by atoms with Crippen LogP contribution in [-0.2, 0) is 19.1 Å². The van der Waals surface area contributed by atoms with Gasteiger partial charge in [0.05, 0.1) is 6.61 Å². The molecule has 1 N–H and O–H groups in total. The highest BCUT2D eigenvalue weighted by atomic mass is 16.5. The van der Waals surface area contributed by atoms with Crippen LogP contribution in [0.3, 0.4) is 0 Å². The number of carbonyl (C=O) groups excluding carboxylic acids is 3. The molecule has 0 saturated carbocycles. The Morgan fingerprint density at radius 1 is 1.44 bits per heavy atom. The number of hydrogen-bond donors (Lipinski definition) is 1. The zero-order chi connectivity index (χ0) is 13.9. The molecule has 1 fully saturated rings. The SMILES string of the molecule is CCOC(=O)C(=O)C1CN(C(=O)O)[C@H](C)CC1=O. The summed E-state index contributed by atoms with van der Waals surface area (Å²) in [5.41, 5.74) is 0. The van der Waals surface area contributed by atoms with E-state index < -0.39 is 35.6 Å². The molecule has 1 rings (SSSR count). The van der Waals surface area contributed by atoms with Crippen LogP contribution in [0.1, 0.15) is 20.3 Å². The first-order valence-electron chi connectivity index (χ1n) is 5.61. The number of amides is 1. The van der Waals surface area contributed by atoms with Crippen LogP contribution in [0.5, 0.6) is 0 Å². The monoisotopic (exact) mass is 257 g/mol. The van der Waals surface area contributed by atoms with Gasteiger partial charge in [-0.05, 0) is 13.8 Å². The molecule has 0 aromatic rings. The maximum atomic E-state index is 11.7. The average molecular weight is 257 g/mol. The molecule has 1 amide bonds. The van der Waals surface area contributed by atoms with E-state index in [0.717, 1.165) is 4.90 Å². The summed E-state index contributed by atoms with van der Waals surface area (Å²) in [5.74, 6) is -3.72. The van der Waals surface area contributed by atoms with Gasteiger partial charge in [-0.1, -0.05) is 0 Å². The van der Waals surface area contributed by atoms with Gasteiger partial charge < -0.3 is 14.7 Å². The van der Waals surface area contributed by atoms with Crippen molar-refractivity contribution in [3.05, 3.63) is 0 Å². The van der Waals surface area contributed by atoms with Gasteiger partial charge >= 0.3 is 12.1 Å². The summed E-state index contributed by atoms with van der Waals surface area (Å²) in [6.45, 7) is 2.87. The van der Waals surface area contributed by atoms with Gasteiger partial charge in [0.15, 0.2) is 0 Å². The minimum Gasteiger partial charge on any atom is -0.465 e. The molecular formula is C11H15NO6. The van der Waals surface area contributed by atoms with Crippen molar-refractivity contribution in [1.82, 2.24) is 4.90 Å². The zero-order valence-electron chi connectivity index (χ0n) is 10.2. The molecular weight excluding hydrogens is 242 g/mol.